The molecule has 3 N–H and O–H groups in total. The summed E-state index contributed by atoms with van der Waals surface area (Å²) in [4.78, 5) is 20.6. The van der Waals surface area contributed by atoms with Gasteiger partial charge >= 0.3 is 6.03 Å². The Hall–Kier alpha value is -2.63. The maximum atomic E-state index is 11.8. The van der Waals surface area contributed by atoms with Gasteiger partial charge in [0.25, 0.3) is 0 Å². The Balaban J connectivity index is 1.36. The van der Waals surface area contributed by atoms with Crippen molar-refractivity contribution in [1.29, 1.82) is 0 Å². The van der Waals surface area contributed by atoms with Crippen LogP contribution in [0.15, 0.2) is 36.5 Å². The van der Waals surface area contributed by atoms with Crippen molar-refractivity contribution in [2.24, 2.45) is 0 Å². The van der Waals surface area contributed by atoms with Crippen LogP contribution in [0.2, 0.25) is 0 Å². The molecule has 1 aliphatic heterocycles. The van der Waals surface area contributed by atoms with Crippen LogP contribution in [0.25, 0.3) is 0 Å². The second-order valence-corrected chi connectivity index (χ2v) is 5.84. The average molecular weight is 325 g/mol. The van der Waals surface area contributed by atoms with E-state index in [1.54, 1.807) is 6.20 Å². The van der Waals surface area contributed by atoms with Crippen LogP contribution >= 0.6 is 0 Å². The average Bonchev–Trinajstić information content (AvgIpc) is 2.62. The molecular formula is C18H23N5O. The van der Waals surface area contributed by atoms with Crippen molar-refractivity contribution >= 4 is 11.8 Å². The maximum Gasteiger partial charge on any atom is 0.314 e. The van der Waals surface area contributed by atoms with E-state index in [9.17, 15) is 4.79 Å². The van der Waals surface area contributed by atoms with E-state index in [1.165, 1.54) is 5.56 Å². The number of aryl methyl sites for hydroxylation is 1. The zero-order valence-electron chi connectivity index (χ0n) is 13.7. The van der Waals surface area contributed by atoms with Crippen LogP contribution in [0.5, 0.6) is 0 Å². The third-order valence-corrected chi connectivity index (χ3v) is 4.01. The lowest BCUT2D eigenvalue weighted by molar-refractivity contribution is 0.241. The Kier molecular flexibility index (Phi) is 5.61. The van der Waals surface area contributed by atoms with Gasteiger partial charge in [0.1, 0.15) is 5.82 Å². The molecular weight excluding hydrogens is 302 g/mol. The first-order valence-electron chi connectivity index (χ1n) is 8.45. The standard InChI is InChI=1S/C18H23N5O/c24-18(21-12-8-15-5-1-2-10-19-15)22-13-9-16-7-6-14-4-3-11-20-17(14)23-16/h1-2,5-7,10H,3-4,8-9,11-13H2,(H,20,23)(H2,21,22,24). The van der Waals surface area contributed by atoms with Crippen molar-refractivity contribution < 1.29 is 4.79 Å². The van der Waals surface area contributed by atoms with Gasteiger partial charge in [0.15, 0.2) is 0 Å². The Morgan fingerprint density at radius 2 is 1.92 bits per heavy atom. The first-order chi connectivity index (χ1) is 11.8. The summed E-state index contributed by atoms with van der Waals surface area (Å²) < 4.78 is 0. The predicted octanol–water partition coefficient (Wildman–Crippen LogP) is 1.92. The summed E-state index contributed by atoms with van der Waals surface area (Å²) in [5.74, 6) is 0.999. The number of pyridine rings is 2. The fourth-order valence-electron chi connectivity index (χ4n) is 2.72. The van der Waals surface area contributed by atoms with Crippen LogP contribution in [0, 0.1) is 0 Å². The minimum Gasteiger partial charge on any atom is -0.370 e. The quantitative estimate of drug-likeness (QED) is 0.758. The van der Waals surface area contributed by atoms with E-state index in [4.69, 9.17) is 0 Å². The minimum atomic E-state index is -0.151. The van der Waals surface area contributed by atoms with Gasteiger partial charge in [-0.1, -0.05) is 12.1 Å². The number of amides is 2. The number of hydrogen-bond donors (Lipinski definition) is 3. The topological polar surface area (TPSA) is 78.9 Å². The molecule has 0 bridgehead atoms. The van der Waals surface area contributed by atoms with E-state index in [1.807, 2.05) is 24.3 Å². The summed E-state index contributed by atoms with van der Waals surface area (Å²) in [6.45, 7) is 2.13. The number of nitrogens with zero attached hydrogens (tertiary/aromatic N) is 2. The minimum absolute atomic E-state index is 0.151. The van der Waals surface area contributed by atoms with E-state index in [0.29, 0.717) is 13.1 Å². The van der Waals surface area contributed by atoms with Crippen molar-refractivity contribution in [2.75, 3.05) is 25.0 Å². The first-order valence-corrected chi connectivity index (χ1v) is 8.45. The molecule has 1 aliphatic rings. The number of fused-ring (bicyclic) bond motifs is 1. The molecule has 0 saturated heterocycles. The Morgan fingerprint density at radius 3 is 2.71 bits per heavy atom. The number of urea groups is 1. The molecule has 0 spiro atoms. The van der Waals surface area contributed by atoms with Crippen LogP contribution in [0.1, 0.15) is 23.4 Å². The van der Waals surface area contributed by atoms with E-state index >= 15 is 0 Å². The molecule has 24 heavy (non-hydrogen) atoms. The van der Waals surface area contributed by atoms with Crippen molar-refractivity contribution in [1.82, 2.24) is 20.6 Å². The fraction of sp³-hybridized carbons (Fsp3) is 0.389. The van der Waals surface area contributed by atoms with Crippen molar-refractivity contribution in [3.63, 3.8) is 0 Å². The van der Waals surface area contributed by atoms with Crippen molar-refractivity contribution in [3.8, 4) is 0 Å². The highest BCUT2D eigenvalue weighted by Gasteiger charge is 2.10. The Morgan fingerprint density at radius 1 is 1.08 bits per heavy atom. The molecule has 0 unspecified atom stereocenters. The third-order valence-electron chi connectivity index (χ3n) is 4.01. The van der Waals surface area contributed by atoms with E-state index in [-0.39, 0.29) is 6.03 Å². The molecule has 0 atom stereocenters. The van der Waals surface area contributed by atoms with Gasteiger partial charge in [-0.3, -0.25) is 4.98 Å². The summed E-state index contributed by atoms with van der Waals surface area (Å²) in [7, 11) is 0. The maximum absolute atomic E-state index is 11.8. The normalized spacial score (nSPS) is 12.8. The lowest BCUT2D eigenvalue weighted by Gasteiger charge is -2.17. The molecule has 0 fully saturated rings. The number of aromatic nitrogens is 2. The van der Waals surface area contributed by atoms with Gasteiger partial charge in [-0.05, 0) is 36.6 Å². The Labute approximate surface area is 142 Å². The number of carbonyl (C=O) groups is 1. The number of rotatable bonds is 6. The molecule has 6 nitrogen and oxygen atoms in total. The van der Waals surface area contributed by atoms with Crippen LogP contribution in [-0.2, 0) is 19.3 Å². The van der Waals surface area contributed by atoms with Gasteiger partial charge in [-0.15, -0.1) is 0 Å². The largest absolute Gasteiger partial charge is 0.370 e. The highest BCUT2D eigenvalue weighted by atomic mass is 16.2. The summed E-state index contributed by atoms with van der Waals surface area (Å²) in [5, 5.41) is 9.04. The monoisotopic (exact) mass is 325 g/mol. The van der Waals surface area contributed by atoms with Gasteiger partial charge in [0.2, 0.25) is 0 Å². The van der Waals surface area contributed by atoms with Crippen LogP contribution in [-0.4, -0.2) is 35.6 Å². The van der Waals surface area contributed by atoms with E-state index < -0.39 is 0 Å². The van der Waals surface area contributed by atoms with Gasteiger partial charge < -0.3 is 16.0 Å². The van der Waals surface area contributed by atoms with Crippen LogP contribution < -0.4 is 16.0 Å². The zero-order chi connectivity index (χ0) is 16.6. The second-order valence-electron chi connectivity index (χ2n) is 5.84. The number of nitrogens with one attached hydrogen (secondary N) is 3. The molecule has 0 saturated carbocycles. The molecule has 0 aliphatic carbocycles. The predicted molar refractivity (Wildman–Crippen MR) is 94.1 cm³/mol. The van der Waals surface area contributed by atoms with Crippen LogP contribution in [0.4, 0.5) is 10.6 Å². The molecule has 2 aromatic heterocycles. The highest BCUT2D eigenvalue weighted by Crippen LogP contribution is 2.19. The second kappa shape index (κ2) is 8.29. The molecule has 0 aromatic carbocycles. The molecule has 3 rings (SSSR count). The molecule has 126 valence electrons. The summed E-state index contributed by atoms with van der Waals surface area (Å²) in [6, 6.07) is 9.82. The van der Waals surface area contributed by atoms with Gasteiger partial charge in [0, 0.05) is 50.1 Å². The van der Waals surface area contributed by atoms with E-state index in [0.717, 1.165) is 49.4 Å². The lowest BCUT2D eigenvalue weighted by atomic mass is 10.1. The van der Waals surface area contributed by atoms with Gasteiger partial charge in [0.05, 0.1) is 0 Å². The third kappa shape index (κ3) is 4.68. The Bertz CT molecular complexity index is 674. The highest BCUT2D eigenvalue weighted by molar-refractivity contribution is 5.73. The van der Waals surface area contributed by atoms with Crippen molar-refractivity contribution in [3.05, 3.63) is 53.5 Å². The molecule has 3 heterocycles. The fourth-order valence-corrected chi connectivity index (χ4v) is 2.72. The molecule has 0 radical (unpaired) electrons. The van der Waals surface area contributed by atoms with E-state index in [2.05, 4.69) is 32.0 Å². The molecule has 2 amide bonds. The first kappa shape index (κ1) is 16.2. The van der Waals surface area contributed by atoms with Crippen molar-refractivity contribution in [2.45, 2.75) is 25.7 Å². The summed E-state index contributed by atoms with van der Waals surface area (Å²) in [5.41, 5.74) is 3.26. The number of carbonyl (C=O) groups excluding carboxylic acids is 1. The summed E-state index contributed by atoms with van der Waals surface area (Å²) >= 11 is 0. The lowest BCUT2D eigenvalue weighted by Crippen LogP contribution is -2.37. The SMILES string of the molecule is O=C(NCCc1ccccn1)NCCc1ccc2c(n1)NCCC2. The number of anilines is 1. The molecule has 6 heteroatoms. The molecule has 2 aromatic rings. The zero-order valence-corrected chi connectivity index (χ0v) is 13.7. The van der Waals surface area contributed by atoms with Gasteiger partial charge in [-0.25, -0.2) is 9.78 Å². The summed E-state index contributed by atoms with van der Waals surface area (Å²) in [6.07, 6.45) is 5.46. The number of hydrogen-bond acceptors (Lipinski definition) is 4. The van der Waals surface area contributed by atoms with Gasteiger partial charge in [-0.2, -0.15) is 0 Å². The van der Waals surface area contributed by atoms with Crippen LogP contribution in [0.3, 0.4) is 0 Å². The smallest absolute Gasteiger partial charge is 0.314 e.